The third kappa shape index (κ3) is 32.5. The molecular formula is C145H176. The van der Waals surface area contributed by atoms with E-state index in [1.807, 2.05) is 65.8 Å². The highest BCUT2D eigenvalue weighted by Gasteiger charge is 2.30. The Labute approximate surface area is 901 Å². The van der Waals surface area contributed by atoms with Crippen LogP contribution in [0.1, 0.15) is 337 Å². The largest absolute Gasteiger partial charge is 0.0632 e. The van der Waals surface area contributed by atoms with Gasteiger partial charge in [0.25, 0.3) is 0 Å². The van der Waals surface area contributed by atoms with E-state index in [2.05, 4.69) is 463 Å². The van der Waals surface area contributed by atoms with Crippen molar-refractivity contribution in [2.75, 3.05) is 0 Å². The summed E-state index contributed by atoms with van der Waals surface area (Å²) in [5.41, 5.74) is 38.3. The molecular weight excluding hydrogens is 1740 g/mol. The first-order valence-electron chi connectivity index (χ1n) is 58.9. The summed E-state index contributed by atoms with van der Waals surface area (Å²) >= 11 is 0. The van der Waals surface area contributed by atoms with Crippen molar-refractivity contribution in [2.24, 2.45) is 0 Å². The summed E-state index contributed by atoms with van der Waals surface area (Å²) in [5, 5.41) is 0. The summed E-state index contributed by atoms with van der Waals surface area (Å²) in [6.45, 7) is 83.5. The van der Waals surface area contributed by atoms with Crippen LogP contribution in [0.5, 0.6) is 0 Å². The molecule has 0 aromatic heterocycles. The maximum absolute atomic E-state index is 8.59. The molecule has 0 N–H and O–H groups in total. The van der Waals surface area contributed by atoms with E-state index in [0.29, 0.717) is 22.3 Å². The van der Waals surface area contributed by atoms with Crippen LogP contribution < -0.4 is 0 Å². The maximum atomic E-state index is 8.59. The van der Waals surface area contributed by atoms with E-state index in [4.69, 9.17) is 19.2 Å². The molecule has 0 aliphatic heterocycles. The van der Waals surface area contributed by atoms with Crippen molar-refractivity contribution < 1.29 is 19.2 Å². The van der Waals surface area contributed by atoms with Crippen LogP contribution in [0.2, 0.25) is 0 Å². The molecule has 16 aromatic carbocycles. The van der Waals surface area contributed by atoms with Crippen molar-refractivity contribution in [2.45, 2.75) is 323 Å². The monoisotopic (exact) mass is 1930 g/mol. The minimum absolute atomic E-state index is 0.0280. The van der Waals surface area contributed by atoms with Gasteiger partial charge in [-0.2, -0.15) is 0 Å². The summed E-state index contributed by atoms with van der Waals surface area (Å²) in [5.74, 6) is 0. The quantitative estimate of drug-likeness (QED) is 0.135. The van der Waals surface area contributed by atoms with Crippen LogP contribution >= 0.6 is 0 Å². The van der Waals surface area contributed by atoms with Gasteiger partial charge >= 0.3 is 0 Å². The molecule has 0 atom stereocenters. The predicted octanol–water partition coefficient (Wildman–Crippen LogP) is 42.6. The third-order valence-electron chi connectivity index (χ3n) is 26.2. The van der Waals surface area contributed by atoms with Gasteiger partial charge in [-0.05, 0) is 262 Å². The smallest absolute Gasteiger partial charge is 0.0622 e. The van der Waals surface area contributed by atoms with Crippen LogP contribution in [0.4, 0.5) is 0 Å². The van der Waals surface area contributed by atoms with Gasteiger partial charge < -0.3 is 0 Å². The Morgan fingerprint density at radius 2 is 0.379 bits per heavy atom. The van der Waals surface area contributed by atoms with Crippen LogP contribution in [0.3, 0.4) is 0 Å². The molecule has 16 rings (SSSR count). The molecule has 16 aromatic rings. The SMILES string of the molecule is CC(C)(C)c1c(-c2ccccc2)cccc1-c1ccccc1.CC(C)(C)c1ccc(-c2cc(-c3ccc(C(C)(C)C)cc3)cc(C(C)(C)C)c2)cc1.CC(C)(C)c1ccc(-c2cccc(-c3ccc(C(C)(C)C)cc3)c2C(C)(C)C)cc1.Cc1cc(C)cc(C(C)(C)C)c1.Cc1cc(C)cc(C(C)(C)C)c1.[2H]c1c([2H])c([2H])c(-c2cccc(-c3c([2H])c([2H])c([2H])c(C)c3[2H])c2C(C)(C)C)c([2H])c1[2H].[2H]c1c([2H])c([2H])c(-c2ccccc2C(C)(C)C)c([2H])c1[2H]. The molecule has 145 heavy (non-hydrogen) atoms. The van der Waals surface area contributed by atoms with Crippen molar-refractivity contribution >= 4 is 0 Å². The highest BCUT2D eigenvalue weighted by atomic mass is 14.3. The molecule has 0 saturated heterocycles. The standard InChI is InChI=1S/2C30H38.C23H24.C22H22.C16H18.2C12H18/c1-28(2,3)25-14-10-21(11-15-25)23-18-24(20-27(19-23)30(7,8)9)22-12-16-26(17-13-22)29(4,5)6;1-28(2,3)23-17-13-21(14-18-23)25-11-10-12-26(27(25)30(7,8)9)22-15-19-24(20-16-22)29(4,5)6;1-17-10-8-13-19(16-17)21-15-9-14-20(22(21)23(2,3)4)18-11-6-5-7-12-18;1-22(2,3)21-19(17-11-6-4-7-12-17)15-10-16-20(21)18-13-8-5-9-14-18;1-16(2,3)15-12-8-7-11-14(15)13-9-5-4-6-10-13;2*1-9-6-10(2)8-11(7-9)12(3,4)5/h2*10-20H,1-9H3;5-16H,1-4H3;4-16H,1-3H3;4-12H,1-3H3;2*6-8H,1-5H3/i;;5D,6D,7D,8D,10D,11D,12D,13D,16D;;4D,5D,6D,9D,10D;;. The molecule has 0 amide bonds. The van der Waals surface area contributed by atoms with E-state index < -0.39 is 23.5 Å². The molecule has 0 spiro atoms. The average molecular weight is 1930 g/mol. The van der Waals surface area contributed by atoms with Gasteiger partial charge in [-0.15, -0.1) is 0 Å². The van der Waals surface area contributed by atoms with E-state index in [9.17, 15) is 0 Å². The van der Waals surface area contributed by atoms with Crippen molar-refractivity contribution in [3.63, 3.8) is 0 Å². The van der Waals surface area contributed by atoms with Crippen molar-refractivity contribution in [3.05, 3.63) is 465 Å². The minimum Gasteiger partial charge on any atom is -0.0622 e. The zero-order chi connectivity index (χ0) is 119. The fraction of sp³-hybridized carbons (Fsp3) is 0.338. The Kier molecular flexibility index (Phi) is 31.0. The molecule has 0 fully saturated rings. The third-order valence-corrected chi connectivity index (χ3v) is 26.2. The molecule has 0 heteroatoms. The van der Waals surface area contributed by atoms with Crippen molar-refractivity contribution in [3.8, 4) is 100 Å². The van der Waals surface area contributed by atoms with Crippen LogP contribution in [-0.2, 0) is 59.6 Å². The van der Waals surface area contributed by atoms with Gasteiger partial charge in [-0.25, -0.2) is 0 Å². The first-order chi connectivity index (χ1) is 73.3. The highest BCUT2D eigenvalue weighted by molar-refractivity contribution is 5.84. The lowest BCUT2D eigenvalue weighted by Gasteiger charge is -2.28. The second-order valence-corrected chi connectivity index (χ2v) is 50.6. The molecule has 756 valence electrons. The number of aryl methyl sites for hydroxylation is 4. The zero-order valence-corrected chi connectivity index (χ0v) is 95.2. The van der Waals surface area contributed by atoms with E-state index >= 15 is 0 Å². The fourth-order valence-corrected chi connectivity index (χ4v) is 18.2. The van der Waals surface area contributed by atoms with Crippen molar-refractivity contribution in [1.82, 2.24) is 0 Å². The fourth-order valence-electron chi connectivity index (χ4n) is 18.2. The summed E-state index contributed by atoms with van der Waals surface area (Å²) in [7, 11) is 0. The van der Waals surface area contributed by atoms with Gasteiger partial charge in [-0.3, -0.25) is 0 Å². The predicted molar refractivity (Wildman–Crippen MR) is 643 cm³/mol. The molecule has 0 heterocycles. The van der Waals surface area contributed by atoms with E-state index in [1.54, 1.807) is 25.1 Å². The topological polar surface area (TPSA) is 0 Å². The van der Waals surface area contributed by atoms with Crippen LogP contribution in [0.15, 0.2) is 376 Å². The zero-order valence-electron chi connectivity index (χ0n) is 109. The Balaban J connectivity index is 0.000000193. The molecule has 0 unspecified atom stereocenters. The lowest BCUT2D eigenvalue weighted by Crippen LogP contribution is -2.15. The summed E-state index contributed by atoms with van der Waals surface area (Å²) in [6, 6.07) is 100. The Bertz CT molecular complexity index is 7270. The average Bonchev–Trinajstić information content (AvgIpc) is 0.737. The van der Waals surface area contributed by atoms with Crippen LogP contribution in [0, 0.1) is 34.6 Å². The number of rotatable bonds is 9. The molecule has 0 nitrogen and oxygen atoms in total. The normalized spacial score (nSPS) is 13.4. The molecule has 0 bridgehead atoms. The number of hydrogen-bond acceptors (Lipinski definition) is 0. The van der Waals surface area contributed by atoms with Gasteiger partial charge in [0.15, 0.2) is 0 Å². The Morgan fingerprint density at radius 3 is 0.662 bits per heavy atom. The molecule has 0 aliphatic rings. The summed E-state index contributed by atoms with van der Waals surface area (Å²) in [4.78, 5) is 0. The summed E-state index contributed by atoms with van der Waals surface area (Å²) < 4.78 is 114. The van der Waals surface area contributed by atoms with Gasteiger partial charge in [0.2, 0.25) is 0 Å². The number of hydrogen-bond donors (Lipinski definition) is 0. The van der Waals surface area contributed by atoms with Crippen molar-refractivity contribution in [1.29, 1.82) is 0 Å². The Morgan fingerprint density at radius 1 is 0.145 bits per heavy atom. The first-order valence-corrected chi connectivity index (χ1v) is 51.9. The number of benzene rings is 16. The van der Waals surface area contributed by atoms with Gasteiger partial charge in [-0.1, -0.05) is 626 Å². The van der Waals surface area contributed by atoms with E-state index in [-0.39, 0.29) is 143 Å². The lowest BCUT2D eigenvalue weighted by molar-refractivity contribution is 0.589. The first kappa shape index (κ1) is 94.8. The van der Waals surface area contributed by atoms with E-state index in [0.717, 1.165) is 5.56 Å². The molecule has 0 radical (unpaired) electrons. The van der Waals surface area contributed by atoms with Gasteiger partial charge in [0, 0.05) is 0 Å². The second kappa shape index (κ2) is 47.4. The Hall–Kier alpha value is -12.5. The highest BCUT2D eigenvalue weighted by Crippen LogP contribution is 2.47. The van der Waals surface area contributed by atoms with Crippen LogP contribution in [0.25, 0.3) is 100 Å². The molecule has 0 saturated carbocycles. The molecule has 0 aliphatic carbocycles. The van der Waals surface area contributed by atoms with Crippen LogP contribution in [-0.4, -0.2) is 0 Å². The van der Waals surface area contributed by atoms with E-state index in [1.165, 1.54) is 139 Å². The minimum atomic E-state index is -0.594. The summed E-state index contributed by atoms with van der Waals surface area (Å²) in [6.07, 6.45) is 0. The second-order valence-electron chi connectivity index (χ2n) is 50.6. The van der Waals surface area contributed by atoms with Gasteiger partial charge in [0.05, 0.1) is 19.2 Å². The van der Waals surface area contributed by atoms with Gasteiger partial charge in [0.1, 0.15) is 0 Å². The maximum Gasteiger partial charge on any atom is 0.0632 e. The lowest BCUT2D eigenvalue weighted by atomic mass is 9.76.